The molecule has 0 unspecified atom stereocenters. The number of likely N-dealkylation sites (N-methyl/N-ethyl adjacent to an activating group) is 1. The molecule has 4 nitrogen and oxygen atoms in total. The van der Waals surface area contributed by atoms with Gasteiger partial charge in [-0.05, 0) is 31.2 Å². The Morgan fingerprint density at radius 2 is 2.17 bits per heavy atom. The van der Waals surface area contributed by atoms with Crippen LogP contribution >= 0.6 is 11.3 Å². The number of thiophene rings is 1. The van der Waals surface area contributed by atoms with Gasteiger partial charge in [0.25, 0.3) is 5.91 Å². The van der Waals surface area contributed by atoms with Crippen molar-refractivity contribution < 1.29 is 14.3 Å². The molecule has 0 radical (unpaired) electrons. The van der Waals surface area contributed by atoms with Crippen LogP contribution in [0.2, 0.25) is 0 Å². The number of benzene rings is 1. The highest BCUT2D eigenvalue weighted by Gasteiger charge is 2.22. The Balaban J connectivity index is 1.78. The number of amides is 1. The number of hydrogen-bond donors (Lipinski definition) is 0. The Hall–Kier alpha value is -2.27. The van der Waals surface area contributed by atoms with Gasteiger partial charge in [-0.15, -0.1) is 11.3 Å². The van der Waals surface area contributed by atoms with E-state index in [-0.39, 0.29) is 12.5 Å². The van der Waals surface area contributed by atoms with E-state index in [2.05, 4.69) is 19.1 Å². The van der Waals surface area contributed by atoms with Gasteiger partial charge in [-0.2, -0.15) is 0 Å². The van der Waals surface area contributed by atoms with Crippen LogP contribution in [0, 0.1) is 6.92 Å². The summed E-state index contributed by atoms with van der Waals surface area (Å²) >= 11 is 1.71. The quantitative estimate of drug-likeness (QED) is 0.862. The molecule has 120 valence electrons. The van der Waals surface area contributed by atoms with Crippen molar-refractivity contribution in [1.82, 2.24) is 4.90 Å². The zero-order valence-corrected chi connectivity index (χ0v) is 14.3. The Kier molecular flexibility index (Phi) is 4.39. The van der Waals surface area contributed by atoms with Gasteiger partial charge in [-0.3, -0.25) is 4.79 Å². The topological polar surface area (TPSA) is 38.8 Å². The third-order valence-electron chi connectivity index (χ3n) is 3.74. The summed E-state index contributed by atoms with van der Waals surface area (Å²) in [6.45, 7) is 2.94. The molecule has 3 rings (SSSR count). The molecule has 0 saturated heterocycles. The zero-order valence-electron chi connectivity index (χ0n) is 13.5. The lowest BCUT2D eigenvalue weighted by molar-refractivity contribution is -0.126. The van der Waals surface area contributed by atoms with Crippen molar-refractivity contribution >= 4 is 23.3 Å². The fourth-order valence-corrected chi connectivity index (χ4v) is 3.53. The lowest BCUT2D eigenvalue weighted by atomic mass is 10.1. The largest absolute Gasteiger partial charge is 0.493 e. The summed E-state index contributed by atoms with van der Waals surface area (Å²) in [5.41, 5.74) is 1.53. The molecule has 0 bridgehead atoms. The lowest BCUT2D eigenvalue weighted by Gasteiger charge is -2.23. The normalized spacial score (nSPS) is 12.9. The van der Waals surface area contributed by atoms with Crippen LogP contribution in [0.25, 0.3) is 6.08 Å². The molecule has 2 heterocycles. The van der Waals surface area contributed by atoms with E-state index < -0.39 is 0 Å². The Bertz CT molecular complexity index is 763. The summed E-state index contributed by atoms with van der Waals surface area (Å²) in [4.78, 5) is 16.8. The van der Waals surface area contributed by atoms with Crippen molar-refractivity contribution in [2.24, 2.45) is 0 Å². The number of nitrogens with zero attached hydrogens (tertiary/aromatic N) is 1. The number of ether oxygens (including phenoxy) is 2. The molecule has 1 aromatic carbocycles. The molecular formula is C18H19NO3S. The number of carbonyl (C=O) groups excluding carboxylic acids is 1. The first-order chi connectivity index (χ1) is 11.1. The van der Waals surface area contributed by atoms with Gasteiger partial charge in [0.1, 0.15) is 6.61 Å². The van der Waals surface area contributed by atoms with Gasteiger partial charge < -0.3 is 14.4 Å². The summed E-state index contributed by atoms with van der Waals surface area (Å²) in [6.07, 6.45) is 1.89. The van der Waals surface area contributed by atoms with E-state index in [9.17, 15) is 4.79 Å². The Morgan fingerprint density at radius 1 is 1.35 bits per heavy atom. The number of hydrogen-bond acceptors (Lipinski definition) is 4. The molecule has 2 aromatic rings. The maximum atomic E-state index is 12.6. The first-order valence-electron chi connectivity index (χ1n) is 7.39. The second-order valence-electron chi connectivity index (χ2n) is 5.51. The predicted octanol–water partition coefficient (Wildman–Crippen LogP) is 3.50. The van der Waals surface area contributed by atoms with Gasteiger partial charge in [0, 0.05) is 22.4 Å². The van der Waals surface area contributed by atoms with Crippen molar-refractivity contribution in [1.29, 1.82) is 0 Å². The molecule has 5 heteroatoms. The summed E-state index contributed by atoms with van der Waals surface area (Å²) in [7, 11) is 3.43. The molecule has 0 atom stereocenters. The minimum atomic E-state index is -0.00970. The van der Waals surface area contributed by atoms with Crippen molar-refractivity contribution in [3.8, 4) is 11.5 Å². The van der Waals surface area contributed by atoms with Crippen LogP contribution in [0.15, 0.2) is 35.9 Å². The second-order valence-corrected chi connectivity index (χ2v) is 6.88. The number of carbonyl (C=O) groups is 1. The van der Waals surface area contributed by atoms with Crippen LogP contribution in [0.1, 0.15) is 15.3 Å². The zero-order chi connectivity index (χ0) is 16.4. The van der Waals surface area contributed by atoms with Crippen molar-refractivity contribution in [2.75, 3.05) is 20.8 Å². The molecule has 23 heavy (non-hydrogen) atoms. The molecule has 1 amide bonds. The summed E-state index contributed by atoms with van der Waals surface area (Å²) in [6, 6.07) is 9.81. The highest BCUT2D eigenvalue weighted by molar-refractivity contribution is 7.11. The lowest BCUT2D eigenvalue weighted by Crippen LogP contribution is -2.30. The van der Waals surface area contributed by atoms with Crippen LogP contribution in [0.4, 0.5) is 0 Å². The average molecular weight is 329 g/mol. The Labute approximate surface area is 140 Å². The van der Waals surface area contributed by atoms with Crippen molar-refractivity contribution in [2.45, 2.75) is 13.5 Å². The molecule has 0 N–H and O–H groups in total. The first kappa shape index (κ1) is 15.6. The van der Waals surface area contributed by atoms with E-state index in [1.54, 1.807) is 23.3 Å². The Morgan fingerprint density at radius 3 is 2.87 bits per heavy atom. The van der Waals surface area contributed by atoms with Crippen molar-refractivity contribution in [3.05, 3.63) is 51.2 Å². The molecule has 1 aliphatic heterocycles. The van der Waals surface area contributed by atoms with Gasteiger partial charge in [0.15, 0.2) is 11.5 Å². The van der Waals surface area contributed by atoms with E-state index in [0.29, 0.717) is 23.6 Å². The fourth-order valence-electron chi connectivity index (χ4n) is 2.59. The first-order valence-corrected chi connectivity index (χ1v) is 8.21. The van der Waals surface area contributed by atoms with Crippen LogP contribution in [0.3, 0.4) is 0 Å². The number of aryl methyl sites for hydroxylation is 1. The van der Waals surface area contributed by atoms with Gasteiger partial charge in [0.05, 0.1) is 19.2 Å². The van der Waals surface area contributed by atoms with E-state index in [4.69, 9.17) is 9.47 Å². The van der Waals surface area contributed by atoms with E-state index in [1.807, 2.05) is 31.3 Å². The minimum Gasteiger partial charge on any atom is -0.493 e. The standard InChI is InChI=1S/C18H19NO3S/c1-12-7-8-15(23-12)10-19(2)18(20)14-9-13-5-4-6-16(21-3)17(13)22-11-14/h4-9H,10-11H2,1-3H3. The predicted molar refractivity (Wildman–Crippen MR) is 92.0 cm³/mol. The van der Waals surface area contributed by atoms with Crippen LogP contribution in [-0.2, 0) is 11.3 Å². The highest BCUT2D eigenvalue weighted by Crippen LogP contribution is 2.35. The van der Waals surface area contributed by atoms with Crippen LogP contribution in [0.5, 0.6) is 11.5 Å². The van der Waals surface area contributed by atoms with Gasteiger partial charge >= 0.3 is 0 Å². The van der Waals surface area contributed by atoms with Gasteiger partial charge in [-0.1, -0.05) is 12.1 Å². The monoisotopic (exact) mass is 329 g/mol. The maximum Gasteiger partial charge on any atom is 0.253 e. The third-order valence-corrected chi connectivity index (χ3v) is 4.73. The number of rotatable bonds is 4. The summed E-state index contributed by atoms with van der Waals surface area (Å²) < 4.78 is 11.0. The van der Waals surface area contributed by atoms with Crippen LogP contribution < -0.4 is 9.47 Å². The maximum absolute atomic E-state index is 12.6. The number of methoxy groups -OCH3 is 1. The van der Waals surface area contributed by atoms with Gasteiger partial charge in [0.2, 0.25) is 0 Å². The SMILES string of the molecule is COc1cccc2c1OCC(C(=O)N(C)Cc1ccc(C)s1)=C2. The van der Waals surface area contributed by atoms with E-state index in [1.165, 1.54) is 9.75 Å². The van der Waals surface area contributed by atoms with Crippen molar-refractivity contribution in [3.63, 3.8) is 0 Å². The fraction of sp³-hybridized carbons (Fsp3) is 0.278. The second kappa shape index (κ2) is 6.46. The van der Waals surface area contributed by atoms with E-state index >= 15 is 0 Å². The minimum absolute atomic E-state index is 0.00970. The smallest absolute Gasteiger partial charge is 0.253 e. The number of fused-ring (bicyclic) bond motifs is 1. The molecule has 1 aromatic heterocycles. The highest BCUT2D eigenvalue weighted by atomic mass is 32.1. The summed E-state index contributed by atoms with van der Waals surface area (Å²) in [5.74, 6) is 1.38. The van der Waals surface area contributed by atoms with Gasteiger partial charge in [-0.25, -0.2) is 0 Å². The third kappa shape index (κ3) is 3.24. The molecule has 0 aliphatic carbocycles. The molecule has 0 fully saturated rings. The number of para-hydroxylation sites is 1. The van der Waals surface area contributed by atoms with Crippen LogP contribution in [-0.4, -0.2) is 31.6 Å². The molecule has 0 saturated carbocycles. The molecule has 0 spiro atoms. The van der Waals surface area contributed by atoms with E-state index in [0.717, 1.165) is 5.56 Å². The average Bonchev–Trinajstić information content (AvgIpc) is 2.97. The molecule has 1 aliphatic rings. The summed E-state index contributed by atoms with van der Waals surface area (Å²) in [5, 5.41) is 0. The molecular weight excluding hydrogens is 310 g/mol.